The van der Waals surface area contributed by atoms with Crippen LogP contribution in [0.25, 0.3) is 0 Å². The van der Waals surface area contributed by atoms with Crippen LogP contribution in [0.3, 0.4) is 0 Å². The van der Waals surface area contributed by atoms with E-state index in [9.17, 15) is 4.79 Å². The Morgan fingerprint density at radius 3 is 3.10 bits per heavy atom. The monoisotopic (exact) mass is 156 g/mol. The highest BCUT2D eigenvalue weighted by Gasteiger charge is 2.02. The molecule has 0 saturated heterocycles. The summed E-state index contributed by atoms with van der Waals surface area (Å²) in [6.45, 7) is 2.59. The van der Waals surface area contributed by atoms with E-state index in [0.717, 1.165) is 11.5 Å². The van der Waals surface area contributed by atoms with Crippen LogP contribution in [0, 0.1) is 0 Å². The minimum atomic E-state index is 0.678. The number of carbonyl (C=O) groups excluding carboxylic acids is 1. The maximum absolute atomic E-state index is 10.3. The Bertz CT molecular complexity index is 198. The molecule has 0 atom stereocenters. The van der Waals surface area contributed by atoms with Gasteiger partial charge in [0.05, 0.1) is 0 Å². The maximum atomic E-state index is 10.3. The van der Waals surface area contributed by atoms with Crippen molar-refractivity contribution in [3.05, 3.63) is 11.6 Å². The summed E-state index contributed by atoms with van der Waals surface area (Å²) in [5, 5.41) is 2.61. The first-order valence-electron chi connectivity index (χ1n) is 3.00. The van der Waals surface area contributed by atoms with Crippen LogP contribution in [0.5, 0.6) is 0 Å². The van der Waals surface area contributed by atoms with E-state index in [-0.39, 0.29) is 0 Å². The lowest BCUT2D eigenvalue weighted by Crippen LogP contribution is -2.19. The molecule has 0 spiro atoms. The van der Waals surface area contributed by atoms with E-state index in [1.165, 1.54) is 11.3 Å². The molecule has 0 aliphatic carbocycles. The van der Waals surface area contributed by atoms with E-state index in [0.29, 0.717) is 6.54 Å². The summed E-state index contributed by atoms with van der Waals surface area (Å²) >= 11 is 1.46. The van der Waals surface area contributed by atoms with Crippen LogP contribution in [0.1, 0.15) is 6.92 Å². The quantitative estimate of drug-likeness (QED) is 0.614. The molecular weight excluding hydrogens is 148 g/mol. The predicted molar refractivity (Wildman–Crippen MR) is 41.2 cm³/mol. The van der Waals surface area contributed by atoms with Crippen molar-refractivity contribution in [3.63, 3.8) is 0 Å². The third-order valence-electron chi connectivity index (χ3n) is 1.13. The predicted octanol–water partition coefficient (Wildman–Crippen LogP) is 1.13. The minimum Gasteiger partial charge on any atom is -0.291 e. The zero-order chi connectivity index (χ0) is 7.40. The van der Waals surface area contributed by atoms with Crippen molar-refractivity contribution in [1.29, 1.82) is 0 Å². The Morgan fingerprint density at radius 2 is 2.70 bits per heavy atom. The molecule has 0 fully saturated rings. The molecule has 0 radical (unpaired) electrons. The van der Waals surface area contributed by atoms with Crippen molar-refractivity contribution >= 4 is 22.9 Å². The molecular formula is C6H8N2OS. The van der Waals surface area contributed by atoms with Crippen molar-refractivity contribution in [2.45, 2.75) is 6.92 Å². The zero-order valence-electron chi connectivity index (χ0n) is 5.65. The first kappa shape index (κ1) is 7.21. The van der Waals surface area contributed by atoms with Gasteiger partial charge in [-0.2, -0.15) is 0 Å². The third-order valence-corrected chi connectivity index (χ3v) is 1.94. The second-order valence-electron chi connectivity index (χ2n) is 1.71. The van der Waals surface area contributed by atoms with Gasteiger partial charge in [-0.3, -0.25) is 9.69 Å². The van der Waals surface area contributed by atoms with Gasteiger partial charge in [0.15, 0.2) is 5.13 Å². The largest absolute Gasteiger partial charge is 0.291 e. The summed E-state index contributed by atoms with van der Waals surface area (Å²) in [7, 11) is 0. The SMILES string of the molecule is CCN(C=O)c1nccs1. The molecule has 1 amide bonds. The number of rotatable bonds is 3. The average molecular weight is 156 g/mol. The highest BCUT2D eigenvalue weighted by molar-refractivity contribution is 7.13. The molecule has 4 heteroatoms. The highest BCUT2D eigenvalue weighted by Crippen LogP contribution is 2.14. The number of aromatic nitrogens is 1. The Morgan fingerprint density at radius 1 is 1.90 bits per heavy atom. The number of carbonyl (C=O) groups is 1. The molecule has 1 aromatic rings. The van der Waals surface area contributed by atoms with Crippen molar-refractivity contribution in [2.24, 2.45) is 0 Å². The second kappa shape index (κ2) is 3.31. The van der Waals surface area contributed by atoms with Gasteiger partial charge < -0.3 is 0 Å². The van der Waals surface area contributed by atoms with E-state index in [2.05, 4.69) is 4.98 Å². The fraction of sp³-hybridized carbons (Fsp3) is 0.333. The Kier molecular flexibility index (Phi) is 2.39. The van der Waals surface area contributed by atoms with Gasteiger partial charge in [-0.05, 0) is 6.92 Å². The molecule has 0 aliphatic rings. The highest BCUT2D eigenvalue weighted by atomic mass is 32.1. The summed E-state index contributed by atoms with van der Waals surface area (Å²) in [6.07, 6.45) is 2.48. The Balaban J connectivity index is 2.73. The number of amides is 1. The second-order valence-corrected chi connectivity index (χ2v) is 2.58. The molecule has 0 unspecified atom stereocenters. The van der Waals surface area contributed by atoms with E-state index in [1.807, 2.05) is 12.3 Å². The fourth-order valence-electron chi connectivity index (χ4n) is 0.613. The minimum absolute atomic E-state index is 0.678. The molecule has 3 nitrogen and oxygen atoms in total. The lowest BCUT2D eigenvalue weighted by molar-refractivity contribution is -0.107. The van der Waals surface area contributed by atoms with E-state index < -0.39 is 0 Å². The molecule has 0 bridgehead atoms. The molecule has 1 rings (SSSR count). The first-order valence-corrected chi connectivity index (χ1v) is 3.88. The van der Waals surface area contributed by atoms with Crippen LogP contribution >= 0.6 is 11.3 Å². The normalized spacial score (nSPS) is 9.30. The molecule has 1 heterocycles. The van der Waals surface area contributed by atoms with Crippen LogP contribution in [-0.4, -0.2) is 17.9 Å². The van der Waals surface area contributed by atoms with Gasteiger partial charge in [0.1, 0.15) is 0 Å². The molecule has 0 aromatic carbocycles. The van der Waals surface area contributed by atoms with E-state index in [4.69, 9.17) is 0 Å². The van der Waals surface area contributed by atoms with Crippen LogP contribution in [0.4, 0.5) is 5.13 Å². The molecule has 54 valence electrons. The molecule has 0 aliphatic heterocycles. The van der Waals surface area contributed by atoms with Crippen molar-refractivity contribution in [1.82, 2.24) is 4.98 Å². The number of hydrogen-bond acceptors (Lipinski definition) is 3. The Labute approximate surface area is 63.3 Å². The van der Waals surface area contributed by atoms with Gasteiger partial charge in [-0.25, -0.2) is 4.98 Å². The lowest BCUT2D eigenvalue weighted by Gasteiger charge is -2.08. The molecule has 0 saturated carbocycles. The summed E-state index contributed by atoms with van der Waals surface area (Å²) < 4.78 is 0. The molecule has 1 aromatic heterocycles. The molecule has 0 N–H and O–H groups in total. The number of hydrogen-bond donors (Lipinski definition) is 0. The standard InChI is InChI=1S/C6H8N2OS/c1-2-8(5-9)6-7-3-4-10-6/h3-5H,2H2,1H3. The summed E-state index contributed by atoms with van der Waals surface area (Å²) in [6, 6.07) is 0. The number of anilines is 1. The van der Waals surface area contributed by atoms with Crippen LogP contribution in [0.2, 0.25) is 0 Å². The van der Waals surface area contributed by atoms with E-state index in [1.54, 1.807) is 11.1 Å². The van der Waals surface area contributed by atoms with Crippen molar-refractivity contribution < 1.29 is 4.79 Å². The summed E-state index contributed by atoms with van der Waals surface area (Å²) in [5.74, 6) is 0. The fourth-order valence-corrected chi connectivity index (χ4v) is 1.29. The van der Waals surface area contributed by atoms with Gasteiger partial charge in [0.25, 0.3) is 0 Å². The van der Waals surface area contributed by atoms with Crippen LogP contribution < -0.4 is 4.90 Å². The summed E-state index contributed by atoms with van der Waals surface area (Å²) in [4.78, 5) is 15.9. The van der Waals surface area contributed by atoms with Crippen molar-refractivity contribution in [2.75, 3.05) is 11.4 Å². The van der Waals surface area contributed by atoms with Gasteiger partial charge in [0.2, 0.25) is 6.41 Å². The average Bonchev–Trinajstić information content (AvgIpc) is 2.43. The number of thiazole rings is 1. The first-order chi connectivity index (χ1) is 4.88. The molecule has 10 heavy (non-hydrogen) atoms. The summed E-state index contributed by atoms with van der Waals surface area (Å²) in [5.41, 5.74) is 0. The van der Waals surface area contributed by atoms with Crippen LogP contribution in [0.15, 0.2) is 11.6 Å². The smallest absolute Gasteiger partial charge is 0.215 e. The van der Waals surface area contributed by atoms with E-state index >= 15 is 0 Å². The van der Waals surface area contributed by atoms with Gasteiger partial charge in [-0.1, -0.05) is 0 Å². The number of nitrogens with zero attached hydrogens (tertiary/aromatic N) is 2. The Hall–Kier alpha value is -0.900. The maximum Gasteiger partial charge on any atom is 0.215 e. The van der Waals surface area contributed by atoms with Crippen LogP contribution in [-0.2, 0) is 4.79 Å². The van der Waals surface area contributed by atoms with Gasteiger partial charge >= 0.3 is 0 Å². The lowest BCUT2D eigenvalue weighted by atomic mass is 10.7. The van der Waals surface area contributed by atoms with Gasteiger partial charge in [-0.15, -0.1) is 11.3 Å². The zero-order valence-corrected chi connectivity index (χ0v) is 6.47. The van der Waals surface area contributed by atoms with Gasteiger partial charge in [0, 0.05) is 18.1 Å². The third kappa shape index (κ3) is 1.33. The topological polar surface area (TPSA) is 33.2 Å². The van der Waals surface area contributed by atoms with Crippen molar-refractivity contribution in [3.8, 4) is 0 Å².